The van der Waals surface area contributed by atoms with Crippen molar-refractivity contribution in [3.8, 4) is 11.5 Å². The number of likely N-dealkylation sites (tertiary alicyclic amines) is 1. The number of nitrogens with zero attached hydrogens (tertiary/aromatic N) is 3. The van der Waals surface area contributed by atoms with E-state index >= 15 is 0 Å². The van der Waals surface area contributed by atoms with E-state index in [1.165, 1.54) is 6.33 Å². The Kier molecular flexibility index (Phi) is 11.9. The van der Waals surface area contributed by atoms with Gasteiger partial charge in [-0.1, -0.05) is 68.1 Å². The Morgan fingerprint density at radius 3 is 2.17 bits per heavy atom. The van der Waals surface area contributed by atoms with E-state index in [1.54, 1.807) is 24.6 Å². The van der Waals surface area contributed by atoms with Crippen molar-refractivity contribution in [1.29, 1.82) is 0 Å². The molecule has 5 rings (SSSR count). The zero-order valence-corrected chi connectivity index (χ0v) is 26.1. The number of hydrogen-bond acceptors (Lipinski definition) is 7. The van der Waals surface area contributed by atoms with E-state index < -0.39 is 29.4 Å². The highest BCUT2D eigenvalue weighted by molar-refractivity contribution is 5.98. The molecule has 47 heavy (non-hydrogen) atoms. The van der Waals surface area contributed by atoms with Crippen molar-refractivity contribution in [1.82, 2.24) is 19.8 Å². The van der Waals surface area contributed by atoms with Gasteiger partial charge in [-0.3, -0.25) is 14.4 Å². The van der Waals surface area contributed by atoms with Crippen LogP contribution in [0.25, 0.3) is 0 Å². The van der Waals surface area contributed by atoms with Crippen LogP contribution in [0.15, 0.2) is 97.5 Å². The van der Waals surface area contributed by atoms with Crippen molar-refractivity contribution in [2.45, 2.75) is 58.3 Å². The van der Waals surface area contributed by atoms with Crippen molar-refractivity contribution >= 4 is 23.5 Å². The maximum absolute atomic E-state index is 13.8. The first-order chi connectivity index (χ1) is 22.2. The Labute approximate surface area is 276 Å². The van der Waals surface area contributed by atoms with Gasteiger partial charge in [0, 0.05) is 19.3 Å². The van der Waals surface area contributed by atoms with E-state index in [2.05, 4.69) is 15.6 Å². The SMILES string of the molecule is C.CC(C)(N)C(=O)N[C@H](COCc1ccccc1)C(=O)Nc1cn(C(C(=O)N2CCCC2)c2ccc(Oc3ccccc3)cc2)cn1. The molecule has 0 spiro atoms. The Morgan fingerprint density at radius 2 is 1.53 bits per heavy atom. The number of aromatic nitrogens is 2. The highest BCUT2D eigenvalue weighted by Crippen LogP contribution is 2.28. The molecule has 1 saturated heterocycles. The molecule has 3 aromatic carbocycles. The molecule has 1 aliphatic heterocycles. The number of carbonyl (C=O) groups is 3. The molecule has 1 aromatic heterocycles. The Morgan fingerprint density at radius 1 is 0.915 bits per heavy atom. The lowest BCUT2D eigenvalue weighted by atomic mass is 10.1. The van der Waals surface area contributed by atoms with Crippen LogP contribution in [0.2, 0.25) is 0 Å². The highest BCUT2D eigenvalue weighted by atomic mass is 16.5. The summed E-state index contributed by atoms with van der Waals surface area (Å²) < 4.78 is 13.4. The summed E-state index contributed by atoms with van der Waals surface area (Å²) >= 11 is 0. The van der Waals surface area contributed by atoms with Crippen LogP contribution in [-0.4, -0.2) is 63.4 Å². The number of carbonyl (C=O) groups excluding carboxylic acids is 3. The van der Waals surface area contributed by atoms with Crippen LogP contribution >= 0.6 is 0 Å². The van der Waals surface area contributed by atoms with Gasteiger partial charge in [-0.15, -0.1) is 0 Å². The van der Waals surface area contributed by atoms with Gasteiger partial charge in [0.2, 0.25) is 11.8 Å². The van der Waals surface area contributed by atoms with Crippen molar-refractivity contribution in [2.75, 3.05) is 25.0 Å². The van der Waals surface area contributed by atoms with Gasteiger partial charge in [0.05, 0.1) is 25.1 Å². The van der Waals surface area contributed by atoms with E-state index in [4.69, 9.17) is 15.2 Å². The van der Waals surface area contributed by atoms with Crippen molar-refractivity contribution in [3.05, 3.63) is 109 Å². The fourth-order valence-corrected chi connectivity index (χ4v) is 5.05. The molecule has 11 nitrogen and oxygen atoms in total. The van der Waals surface area contributed by atoms with E-state index in [9.17, 15) is 14.4 Å². The summed E-state index contributed by atoms with van der Waals surface area (Å²) in [5.41, 5.74) is 6.45. The fraction of sp³-hybridized carbons (Fsp3) is 0.333. The second-order valence-electron chi connectivity index (χ2n) is 11.9. The maximum Gasteiger partial charge on any atom is 0.250 e. The van der Waals surface area contributed by atoms with Gasteiger partial charge in [-0.05, 0) is 62.1 Å². The number of ether oxygens (including phenoxy) is 2. The van der Waals surface area contributed by atoms with Crippen LogP contribution in [0.4, 0.5) is 5.82 Å². The molecule has 1 aliphatic rings. The molecule has 248 valence electrons. The topological polar surface area (TPSA) is 141 Å². The van der Waals surface area contributed by atoms with Crippen LogP contribution in [0.1, 0.15) is 51.3 Å². The van der Waals surface area contributed by atoms with E-state index in [0.717, 1.165) is 24.0 Å². The molecule has 0 bridgehead atoms. The summed E-state index contributed by atoms with van der Waals surface area (Å²) in [7, 11) is 0. The first-order valence-corrected chi connectivity index (χ1v) is 15.3. The van der Waals surface area contributed by atoms with Crippen molar-refractivity contribution in [2.24, 2.45) is 5.73 Å². The van der Waals surface area contributed by atoms with Crippen LogP contribution in [0.3, 0.4) is 0 Å². The first kappa shape index (κ1) is 34.9. The predicted molar refractivity (Wildman–Crippen MR) is 181 cm³/mol. The number of hydrogen-bond donors (Lipinski definition) is 3. The Hall–Kier alpha value is -5.00. The third-order valence-electron chi connectivity index (χ3n) is 7.58. The van der Waals surface area contributed by atoms with Crippen LogP contribution in [0, 0.1) is 0 Å². The molecule has 11 heteroatoms. The standard InChI is InChI=1S/C35H40N6O5.CH4/c1-35(2,36)34(44)38-29(23-45-22-25-11-5-3-6-12-25)32(42)39-30-21-41(24-37-30)31(33(43)40-19-9-10-20-40)26-15-17-28(18-16-26)46-27-13-7-4-8-14-27;/h3-8,11-18,21,24,29,31H,9-10,19-20,22-23,36H2,1-2H3,(H,38,44)(H,39,42);1H4/t29-,31?;/m1./s1. The molecule has 4 N–H and O–H groups in total. The minimum absolute atomic E-state index is 0. The molecular weight excluding hydrogens is 596 g/mol. The molecule has 3 amide bonds. The number of rotatable bonds is 13. The monoisotopic (exact) mass is 640 g/mol. The van der Waals surface area contributed by atoms with E-state index in [-0.39, 0.29) is 32.4 Å². The average Bonchev–Trinajstić information content (AvgIpc) is 3.75. The number of para-hydroxylation sites is 1. The summed E-state index contributed by atoms with van der Waals surface area (Å²) in [5.74, 6) is 0.490. The molecule has 1 unspecified atom stereocenters. The molecular formula is C36H44N6O5. The molecule has 2 heterocycles. The van der Waals surface area contributed by atoms with Gasteiger partial charge in [0.25, 0.3) is 5.91 Å². The molecule has 4 aromatic rings. The number of nitrogens with one attached hydrogen (secondary N) is 2. The number of nitrogens with two attached hydrogens (primary N) is 1. The second kappa shape index (κ2) is 16.0. The van der Waals surface area contributed by atoms with Gasteiger partial charge in [0.1, 0.15) is 23.6 Å². The van der Waals surface area contributed by atoms with E-state index in [0.29, 0.717) is 24.6 Å². The molecule has 0 saturated carbocycles. The Balaban J connectivity index is 0.00000500. The quantitative estimate of drug-likeness (QED) is 0.189. The van der Waals surface area contributed by atoms with Gasteiger partial charge in [0.15, 0.2) is 5.82 Å². The highest BCUT2D eigenvalue weighted by Gasteiger charge is 2.31. The summed E-state index contributed by atoms with van der Waals surface area (Å²) in [6.07, 6.45) is 5.03. The summed E-state index contributed by atoms with van der Waals surface area (Å²) in [6, 6.07) is 24.6. The normalized spacial score (nSPS) is 14.1. The smallest absolute Gasteiger partial charge is 0.250 e. The van der Waals surface area contributed by atoms with E-state index in [1.807, 2.05) is 89.8 Å². The zero-order chi connectivity index (χ0) is 32.5. The molecule has 0 aliphatic carbocycles. The fourth-order valence-electron chi connectivity index (χ4n) is 5.05. The predicted octanol–water partition coefficient (Wildman–Crippen LogP) is 4.90. The minimum Gasteiger partial charge on any atom is -0.457 e. The van der Waals surface area contributed by atoms with Crippen LogP contribution in [0.5, 0.6) is 11.5 Å². The largest absolute Gasteiger partial charge is 0.457 e. The number of imidazole rings is 1. The zero-order valence-electron chi connectivity index (χ0n) is 26.1. The Bertz CT molecular complexity index is 1600. The average molecular weight is 641 g/mol. The molecule has 1 fully saturated rings. The lowest BCUT2D eigenvalue weighted by Gasteiger charge is -2.25. The number of amides is 3. The van der Waals surface area contributed by atoms with Crippen LogP contribution < -0.4 is 21.1 Å². The molecule has 0 radical (unpaired) electrons. The van der Waals surface area contributed by atoms with Gasteiger partial charge in [-0.25, -0.2) is 4.98 Å². The summed E-state index contributed by atoms with van der Waals surface area (Å²) in [6.45, 7) is 4.66. The second-order valence-corrected chi connectivity index (χ2v) is 11.9. The summed E-state index contributed by atoms with van der Waals surface area (Å²) in [4.78, 5) is 46.1. The first-order valence-electron chi connectivity index (χ1n) is 15.3. The lowest BCUT2D eigenvalue weighted by Crippen LogP contribution is -2.56. The lowest BCUT2D eigenvalue weighted by molar-refractivity contribution is -0.132. The van der Waals surface area contributed by atoms with Crippen molar-refractivity contribution in [3.63, 3.8) is 0 Å². The van der Waals surface area contributed by atoms with Crippen LogP contribution in [-0.2, 0) is 25.7 Å². The third kappa shape index (κ3) is 9.50. The van der Waals surface area contributed by atoms with Crippen molar-refractivity contribution < 1.29 is 23.9 Å². The number of anilines is 1. The summed E-state index contributed by atoms with van der Waals surface area (Å²) in [5, 5.41) is 5.46. The third-order valence-corrected chi connectivity index (χ3v) is 7.58. The number of benzene rings is 3. The molecule has 2 atom stereocenters. The van der Waals surface area contributed by atoms with Gasteiger partial charge in [-0.2, -0.15) is 0 Å². The minimum atomic E-state index is -1.20. The van der Waals surface area contributed by atoms with Gasteiger partial charge < -0.3 is 35.3 Å². The van der Waals surface area contributed by atoms with Gasteiger partial charge >= 0.3 is 0 Å². The maximum atomic E-state index is 13.8.